The van der Waals surface area contributed by atoms with E-state index in [0.29, 0.717) is 5.56 Å². The predicted octanol–water partition coefficient (Wildman–Crippen LogP) is 4.38. The number of amides is 1. The first-order valence-corrected chi connectivity index (χ1v) is 9.07. The Hall–Kier alpha value is -3.86. The molecule has 5 rings (SSSR count). The number of primary amides is 1. The van der Waals surface area contributed by atoms with Gasteiger partial charge in [-0.05, 0) is 37.3 Å². The van der Waals surface area contributed by atoms with E-state index in [4.69, 9.17) is 5.73 Å². The van der Waals surface area contributed by atoms with Crippen LogP contribution in [0, 0.1) is 6.92 Å². The molecule has 0 unspecified atom stereocenters. The molecule has 2 N–H and O–H groups in total. The Morgan fingerprint density at radius 1 is 0.929 bits per heavy atom. The fourth-order valence-electron chi connectivity index (χ4n) is 3.84. The van der Waals surface area contributed by atoms with Crippen molar-refractivity contribution >= 4 is 27.7 Å². The van der Waals surface area contributed by atoms with Crippen molar-refractivity contribution in [2.24, 2.45) is 5.73 Å². The highest BCUT2D eigenvalue weighted by Gasteiger charge is 2.17. The van der Waals surface area contributed by atoms with E-state index in [1.165, 1.54) is 0 Å². The van der Waals surface area contributed by atoms with Crippen molar-refractivity contribution in [2.75, 3.05) is 0 Å². The third kappa shape index (κ3) is 2.41. The summed E-state index contributed by atoms with van der Waals surface area (Å²) in [6.07, 6.45) is 3.79. The summed E-state index contributed by atoms with van der Waals surface area (Å²) in [5.74, 6) is -0.434. The second-order valence-electron chi connectivity index (χ2n) is 6.86. The monoisotopic (exact) mass is 366 g/mol. The number of imidazole rings is 1. The maximum absolute atomic E-state index is 12.2. The Morgan fingerprint density at radius 3 is 2.46 bits per heavy atom. The third-order valence-electron chi connectivity index (χ3n) is 5.06. The van der Waals surface area contributed by atoms with Gasteiger partial charge in [0.2, 0.25) is 0 Å². The first-order valence-electron chi connectivity index (χ1n) is 9.07. The van der Waals surface area contributed by atoms with Crippen molar-refractivity contribution in [1.82, 2.24) is 14.1 Å². The number of benzene rings is 3. The summed E-state index contributed by atoms with van der Waals surface area (Å²) in [7, 11) is 0. The van der Waals surface area contributed by atoms with Crippen LogP contribution in [0.4, 0.5) is 0 Å². The van der Waals surface area contributed by atoms with E-state index in [1.807, 2.05) is 60.2 Å². The number of rotatable bonds is 3. The lowest BCUT2D eigenvalue weighted by molar-refractivity contribution is 0.100. The molecule has 0 aliphatic heterocycles. The zero-order valence-electron chi connectivity index (χ0n) is 15.3. The maximum Gasteiger partial charge on any atom is 0.250 e. The number of para-hydroxylation sites is 2. The van der Waals surface area contributed by atoms with Gasteiger partial charge in [0.05, 0.1) is 28.6 Å². The number of fused-ring (bicyclic) bond motifs is 3. The van der Waals surface area contributed by atoms with Gasteiger partial charge in [0.25, 0.3) is 5.91 Å². The first-order chi connectivity index (χ1) is 13.6. The average Bonchev–Trinajstić information content (AvgIpc) is 3.29. The van der Waals surface area contributed by atoms with Crippen LogP contribution in [0.2, 0.25) is 0 Å². The molecule has 0 saturated carbocycles. The Bertz CT molecular complexity index is 1360. The lowest BCUT2D eigenvalue weighted by Gasteiger charge is -2.12. The predicted molar refractivity (Wildman–Crippen MR) is 111 cm³/mol. The Morgan fingerprint density at radius 2 is 1.68 bits per heavy atom. The molecule has 3 aromatic carbocycles. The second-order valence-corrected chi connectivity index (χ2v) is 6.86. The van der Waals surface area contributed by atoms with Crippen molar-refractivity contribution in [2.45, 2.75) is 6.92 Å². The highest BCUT2D eigenvalue weighted by atomic mass is 16.1. The molecule has 5 aromatic rings. The summed E-state index contributed by atoms with van der Waals surface area (Å²) in [4.78, 5) is 16.5. The third-order valence-corrected chi connectivity index (χ3v) is 5.06. The highest BCUT2D eigenvalue weighted by Crippen LogP contribution is 2.34. The van der Waals surface area contributed by atoms with Crippen LogP contribution < -0.4 is 5.73 Å². The first kappa shape index (κ1) is 16.3. The second kappa shape index (κ2) is 6.09. The number of nitrogens with two attached hydrogens (primary N) is 1. The molecule has 0 radical (unpaired) electrons. The summed E-state index contributed by atoms with van der Waals surface area (Å²) in [6, 6.07) is 22.0. The van der Waals surface area contributed by atoms with E-state index in [-0.39, 0.29) is 0 Å². The van der Waals surface area contributed by atoms with Crippen LogP contribution in [0.15, 0.2) is 79.3 Å². The van der Waals surface area contributed by atoms with Gasteiger partial charge in [0, 0.05) is 28.3 Å². The zero-order chi connectivity index (χ0) is 19.3. The largest absolute Gasteiger partial charge is 0.366 e. The van der Waals surface area contributed by atoms with Crippen LogP contribution in [0.5, 0.6) is 0 Å². The number of hydrogen-bond acceptors (Lipinski definition) is 2. The molecule has 0 spiro atoms. The highest BCUT2D eigenvalue weighted by molar-refractivity contribution is 6.16. The fraction of sp³-hybridized carbons (Fsp3) is 0.0435. The summed E-state index contributed by atoms with van der Waals surface area (Å²) in [5, 5.41) is 2.10. The van der Waals surface area contributed by atoms with Crippen LogP contribution in [-0.2, 0) is 0 Å². The standard InChI is InChI=1S/C23H18N4O/c1-15-13-26(14-25-15)16-6-4-7-17(12-16)27-21-11-3-2-8-18(21)19-9-5-10-20(22(19)27)23(24)28/h2-14H,1H3,(H2,24,28). The molecule has 0 aliphatic carbocycles. The topological polar surface area (TPSA) is 65.8 Å². The van der Waals surface area contributed by atoms with Gasteiger partial charge in [0.1, 0.15) is 0 Å². The van der Waals surface area contributed by atoms with Gasteiger partial charge >= 0.3 is 0 Å². The van der Waals surface area contributed by atoms with Crippen LogP contribution >= 0.6 is 0 Å². The van der Waals surface area contributed by atoms with E-state index < -0.39 is 5.91 Å². The normalized spacial score (nSPS) is 11.3. The molecule has 0 aliphatic rings. The van der Waals surface area contributed by atoms with Gasteiger partial charge in [-0.25, -0.2) is 4.98 Å². The number of hydrogen-bond donors (Lipinski definition) is 1. The molecule has 0 atom stereocenters. The van der Waals surface area contributed by atoms with Crippen LogP contribution in [-0.4, -0.2) is 20.0 Å². The van der Waals surface area contributed by atoms with Gasteiger partial charge < -0.3 is 14.9 Å². The molecular weight excluding hydrogens is 348 g/mol. The van der Waals surface area contributed by atoms with E-state index in [0.717, 1.165) is 38.9 Å². The molecule has 0 bridgehead atoms. The minimum atomic E-state index is -0.434. The van der Waals surface area contributed by atoms with E-state index in [1.54, 1.807) is 12.4 Å². The SMILES string of the molecule is Cc1cn(-c2cccc(-n3c4ccccc4c4cccc(C(N)=O)c43)c2)cn1. The number of carbonyl (C=O) groups excluding carboxylic acids is 1. The molecule has 1 amide bonds. The van der Waals surface area contributed by atoms with Gasteiger partial charge in [0.15, 0.2) is 0 Å². The molecule has 136 valence electrons. The minimum absolute atomic E-state index is 0.434. The van der Waals surface area contributed by atoms with E-state index in [2.05, 4.69) is 27.8 Å². The van der Waals surface area contributed by atoms with E-state index >= 15 is 0 Å². The summed E-state index contributed by atoms with van der Waals surface area (Å²) >= 11 is 0. The summed E-state index contributed by atoms with van der Waals surface area (Å²) in [6.45, 7) is 1.96. The van der Waals surface area contributed by atoms with Crippen LogP contribution in [0.25, 0.3) is 33.2 Å². The smallest absolute Gasteiger partial charge is 0.250 e. The minimum Gasteiger partial charge on any atom is -0.366 e. The summed E-state index contributed by atoms with van der Waals surface area (Å²) < 4.78 is 4.10. The summed E-state index contributed by atoms with van der Waals surface area (Å²) in [5.41, 5.74) is 11.0. The lowest BCUT2D eigenvalue weighted by atomic mass is 10.1. The quantitative estimate of drug-likeness (QED) is 0.515. The van der Waals surface area contributed by atoms with Gasteiger partial charge in [-0.15, -0.1) is 0 Å². The molecule has 5 nitrogen and oxygen atoms in total. The number of aryl methyl sites for hydroxylation is 1. The molecular formula is C23H18N4O. The molecule has 2 heterocycles. The van der Waals surface area contributed by atoms with Crippen molar-refractivity contribution in [1.29, 1.82) is 0 Å². The Kier molecular flexibility index (Phi) is 3.55. The van der Waals surface area contributed by atoms with Gasteiger partial charge in [-0.3, -0.25) is 4.79 Å². The zero-order valence-corrected chi connectivity index (χ0v) is 15.3. The van der Waals surface area contributed by atoms with Crippen LogP contribution in [0.1, 0.15) is 16.1 Å². The van der Waals surface area contributed by atoms with E-state index in [9.17, 15) is 4.79 Å². The van der Waals surface area contributed by atoms with Gasteiger partial charge in [-0.2, -0.15) is 0 Å². The number of carbonyl (C=O) groups is 1. The van der Waals surface area contributed by atoms with Crippen molar-refractivity contribution in [3.8, 4) is 11.4 Å². The molecule has 5 heteroatoms. The fourth-order valence-corrected chi connectivity index (χ4v) is 3.84. The molecule has 0 saturated heterocycles. The lowest BCUT2D eigenvalue weighted by Crippen LogP contribution is -2.12. The van der Waals surface area contributed by atoms with Crippen molar-refractivity contribution in [3.63, 3.8) is 0 Å². The van der Waals surface area contributed by atoms with Crippen LogP contribution in [0.3, 0.4) is 0 Å². The van der Waals surface area contributed by atoms with Gasteiger partial charge in [-0.1, -0.05) is 36.4 Å². The van der Waals surface area contributed by atoms with Crippen molar-refractivity contribution in [3.05, 3.63) is 90.5 Å². The number of nitrogens with zero attached hydrogens (tertiary/aromatic N) is 3. The Labute approximate surface area is 161 Å². The molecule has 0 fully saturated rings. The molecule has 28 heavy (non-hydrogen) atoms. The number of aromatic nitrogens is 3. The molecule has 2 aromatic heterocycles. The maximum atomic E-state index is 12.2. The van der Waals surface area contributed by atoms with Crippen molar-refractivity contribution < 1.29 is 4.79 Å². The average molecular weight is 366 g/mol. The Balaban J connectivity index is 1.87.